The zero-order valence-corrected chi connectivity index (χ0v) is 15.8. The lowest BCUT2D eigenvalue weighted by molar-refractivity contribution is -0.384. The van der Waals surface area contributed by atoms with Crippen LogP contribution in [0.5, 0.6) is 0 Å². The molecule has 0 bridgehead atoms. The van der Waals surface area contributed by atoms with E-state index < -0.39 is 28.8 Å². The van der Waals surface area contributed by atoms with E-state index in [9.17, 15) is 24.5 Å². The number of carbonyl (C=O) groups excluding carboxylic acids is 3. The molecule has 148 valence electrons. The summed E-state index contributed by atoms with van der Waals surface area (Å²) >= 11 is 0. The average molecular weight is 380 g/mol. The van der Waals surface area contributed by atoms with Gasteiger partial charge in [0.25, 0.3) is 5.69 Å². The fourth-order valence-electron chi connectivity index (χ4n) is 2.59. The maximum atomic E-state index is 12.3. The van der Waals surface area contributed by atoms with E-state index in [1.807, 2.05) is 13.8 Å². The van der Waals surface area contributed by atoms with Crippen LogP contribution in [0, 0.1) is 16.0 Å². The zero-order chi connectivity index (χ0) is 20.6. The number of esters is 2. The van der Waals surface area contributed by atoms with Gasteiger partial charge < -0.3 is 14.8 Å². The predicted octanol–water partition coefficient (Wildman–Crippen LogP) is 1.95. The fraction of sp³-hybridized carbons (Fsp3) is 0.500. The van der Waals surface area contributed by atoms with Crippen LogP contribution < -0.4 is 5.32 Å². The summed E-state index contributed by atoms with van der Waals surface area (Å²) in [6.07, 6.45) is -0.0191. The van der Waals surface area contributed by atoms with Crippen molar-refractivity contribution in [2.24, 2.45) is 5.92 Å². The maximum absolute atomic E-state index is 12.3. The standard InChI is InChI=1S/C18H24N2O7/c1-11(2)9-15(21)19-17(18(23)27-4)14(10-16(22)26-3)12-5-7-13(8-6-12)20(24)25/h5-8,11,14,17H,9-10H2,1-4H3,(H,19,21)/t14-,17-/m0/s1. The largest absolute Gasteiger partial charge is 0.469 e. The molecule has 2 atom stereocenters. The predicted molar refractivity (Wildman–Crippen MR) is 95.9 cm³/mol. The van der Waals surface area contributed by atoms with Crippen LogP contribution in [0.3, 0.4) is 0 Å². The second-order valence-corrected chi connectivity index (χ2v) is 6.40. The van der Waals surface area contributed by atoms with E-state index in [0.717, 1.165) is 0 Å². The second-order valence-electron chi connectivity index (χ2n) is 6.40. The van der Waals surface area contributed by atoms with Gasteiger partial charge in [-0.3, -0.25) is 19.7 Å². The minimum atomic E-state index is -1.14. The Kier molecular flexibility index (Phi) is 8.37. The highest BCUT2D eigenvalue weighted by Gasteiger charge is 2.34. The Morgan fingerprint density at radius 2 is 1.67 bits per heavy atom. The van der Waals surface area contributed by atoms with Crippen molar-refractivity contribution < 1.29 is 28.8 Å². The molecule has 0 aromatic heterocycles. The fourth-order valence-corrected chi connectivity index (χ4v) is 2.59. The first-order valence-electron chi connectivity index (χ1n) is 8.37. The van der Waals surface area contributed by atoms with Gasteiger partial charge in [-0.1, -0.05) is 26.0 Å². The molecule has 0 radical (unpaired) electrons. The van der Waals surface area contributed by atoms with E-state index in [-0.39, 0.29) is 30.4 Å². The molecule has 1 N–H and O–H groups in total. The Balaban J connectivity index is 3.24. The summed E-state index contributed by atoms with van der Waals surface area (Å²) in [6, 6.07) is 4.28. The number of amides is 1. The third kappa shape index (κ3) is 6.69. The smallest absolute Gasteiger partial charge is 0.329 e. The number of rotatable bonds is 9. The van der Waals surface area contributed by atoms with Crippen LogP contribution in [0.4, 0.5) is 5.69 Å². The number of methoxy groups -OCH3 is 2. The van der Waals surface area contributed by atoms with Gasteiger partial charge in [-0.15, -0.1) is 0 Å². The number of nitro groups is 1. The molecule has 1 aromatic rings. The summed E-state index contributed by atoms with van der Waals surface area (Å²) in [4.78, 5) is 46.6. The van der Waals surface area contributed by atoms with Gasteiger partial charge in [0.05, 0.1) is 25.6 Å². The summed E-state index contributed by atoms with van der Waals surface area (Å²) in [5.74, 6) is -2.41. The molecule has 9 nitrogen and oxygen atoms in total. The van der Waals surface area contributed by atoms with Crippen LogP contribution in [0.1, 0.15) is 38.2 Å². The zero-order valence-electron chi connectivity index (χ0n) is 15.8. The van der Waals surface area contributed by atoms with Crippen molar-refractivity contribution in [1.29, 1.82) is 0 Å². The SMILES string of the molecule is COC(=O)C[C@@H](c1ccc([N+](=O)[O-])cc1)[C@H](NC(=O)CC(C)C)C(=O)OC. The van der Waals surface area contributed by atoms with Gasteiger partial charge in [0.2, 0.25) is 5.91 Å². The Labute approximate surface area is 157 Å². The Hall–Kier alpha value is -2.97. The Morgan fingerprint density at radius 1 is 1.07 bits per heavy atom. The summed E-state index contributed by atoms with van der Waals surface area (Å²) < 4.78 is 9.47. The number of nitrogens with zero attached hydrogens (tertiary/aromatic N) is 1. The molecule has 0 aliphatic rings. The van der Waals surface area contributed by atoms with E-state index in [2.05, 4.69) is 10.1 Å². The Bertz CT molecular complexity index is 685. The van der Waals surface area contributed by atoms with E-state index in [0.29, 0.717) is 5.56 Å². The molecule has 1 amide bonds. The highest BCUT2D eigenvalue weighted by molar-refractivity contribution is 5.86. The molecule has 9 heteroatoms. The van der Waals surface area contributed by atoms with Gasteiger partial charge in [0.1, 0.15) is 6.04 Å². The molecule has 0 saturated carbocycles. The number of hydrogen-bond acceptors (Lipinski definition) is 7. The third-order valence-corrected chi connectivity index (χ3v) is 3.91. The lowest BCUT2D eigenvalue weighted by atomic mass is 9.88. The molecule has 0 fully saturated rings. The molecule has 1 aromatic carbocycles. The van der Waals surface area contributed by atoms with Crippen LogP contribution in [-0.4, -0.2) is 43.0 Å². The molecule has 0 aliphatic heterocycles. The van der Waals surface area contributed by atoms with Crippen molar-refractivity contribution in [1.82, 2.24) is 5.32 Å². The highest BCUT2D eigenvalue weighted by Crippen LogP contribution is 2.27. The van der Waals surface area contributed by atoms with Crippen molar-refractivity contribution in [2.45, 2.75) is 38.6 Å². The molecule has 0 unspecified atom stereocenters. The van der Waals surface area contributed by atoms with Crippen molar-refractivity contribution >= 4 is 23.5 Å². The van der Waals surface area contributed by atoms with Crippen molar-refractivity contribution in [3.05, 3.63) is 39.9 Å². The quantitative estimate of drug-likeness (QED) is 0.394. The molecule has 0 spiro atoms. The lowest BCUT2D eigenvalue weighted by Gasteiger charge is -2.26. The van der Waals surface area contributed by atoms with Crippen molar-refractivity contribution in [3.63, 3.8) is 0 Å². The molecule has 0 aliphatic carbocycles. The third-order valence-electron chi connectivity index (χ3n) is 3.91. The topological polar surface area (TPSA) is 125 Å². The number of ether oxygens (including phenoxy) is 2. The maximum Gasteiger partial charge on any atom is 0.329 e. The first-order chi connectivity index (χ1) is 12.7. The summed E-state index contributed by atoms with van der Waals surface area (Å²) in [6.45, 7) is 3.71. The first kappa shape index (κ1) is 22.1. The van der Waals surface area contributed by atoms with Crippen LogP contribution in [0.25, 0.3) is 0 Å². The number of hydrogen-bond donors (Lipinski definition) is 1. The first-order valence-corrected chi connectivity index (χ1v) is 8.37. The number of nitrogens with one attached hydrogen (secondary N) is 1. The molecule has 0 saturated heterocycles. The highest BCUT2D eigenvalue weighted by atomic mass is 16.6. The molecule has 27 heavy (non-hydrogen) atoms. The van der Waals surface area contributed by atoms with Gasteiger partial charge in [0.15, 0.2) is 0 Å². The number of non-ortho nitro benzene ring substituents is 1. The van der Waals surface area contributed by atoms with E-state index >= 15 is 0 Å². The van der Waals surface area contributed by atoms with Crippen LogP contribution in [0.15, 0.2) is 24.3 Å². The van der Waals surface area contributed by atoms with Gasteiger partial charge in [-0.25, -0.2) is 4.79 Å². The Morgan fingerprint density at radius 3 is 2.11 bits per heavy atom. The molecular weight excluding hydrogens is 356 g/mol. The number of benzene rings is 1. The van der Waals surface area contributed by atoms with Gasteiger partial charge in [-0.05, 0) is 11.5 Å². The normalized spacial score (nSPS) is 12.8. The lowest BCUT2D eigenvalue weighted by Crippen LogP contribution is -2.46. The number of carbonyl (C=O) groups is 3. The minimum absolute atomic E-state index is 0.0710. The van der Waals surface area contributed by atoms with Gasteiger partial charge in [0, 0.05) is 24.5 Å². The van der Waals surface area contributed by atoms with Gasteiger partial charge in [-0.2, -0.15) is 0 Å². The molecule has 1 rings (SSSR count). The summed E-state index contributed by atoms with van der Waals surface area (Å²) in [5, 5.41) is 13.5. The van der Waals surface area contributed by atoms with E-state index in [1.165, 1.54) is 38.5 Å². The molecule has 0 heterocycles. The van der Waals surface area contributed by atoms with Crippen LogP contribution in [-0.2, 0) is 23.9 Å². The van der Waals surface area contributed by atoms with E-state index in [4.69, 9.17) is 4.74 Å². The minimum Gasteiger partial charge on any atom is -0.469 e. The molecular formula is C18H24N2O7. The monoisotopic (exact) mass is 380 g/mol. The van der Waals surface area contributed by atoms with Crippen LogP contribution in [0.2, 0.25) is 0 Å². The van der Waals surface area contributed by atoms with Gasteiger partial charge >= 0.3 is 11.9 Å². The summed E-state index contributed by atoms with van der Waals surface area (Å²) in [5.41, 5.74) is 0.334. The number of nitro benzene ring substituents is 1. The average Bonchev–Trinajstić information content (AvgIpc) is 2.63. The van der Waals surface area contributed by atoms with E-state index in [1.54, 1.807) is 0 Å². The second kappa shape index (κ2) is 10.2. The summed E-state index contributed by atoms with van der Waals surface area (Å²) in [7, 11) is 2.38. The van der Waals surface area contributed by atoms with Crippen molar-refractivity contribution in [3.8, 4) is 0 Å². The van der Waals surface area contributed by atoms with Crippen molar-refractivity contribution in [2.75, 3.05) is 14.2 Å². The van der Waals surface area contributed by atoms with Crippen LogP contribution >= 0.6 is 0 Å².